The number of nitrogens with one attached hydrogen (secondary N) is 1. The predicted molar refractivity (Wildman–Crippen MR) is 123 cm³/mol. The summed E-state index contributed by atoms with van der Waals surface area (Å²) >= 11 is 0. The van der Waals surface area contributed by atoms with E-state index in [-0.39, 0.29) is 48.1 Å². The first kappa shape index (κ1) is 25.5. The number of carboxylic acid groups (broad SMARTS) is 1. The molecule has 4 rings (SSSR count). The lowest BCUT2D eigenvalue weighted by atomic mass is 9.39. The number of fused-ring (bicyclic) bond motifs is 3. The molecule has 7 atom stereocenters. The lowest BCUT2D eigenvalue weighted by molar-refractivity contribution is -0.229. The summed E-state index contributed by atoms with van der Waals surface area (Å²) in [6, 6.07) is 0. The van der Waals surface area contributed by atoms with Crippen LogP contribution in [-0.2, 0) is 28.7 Å². The Labute approximate surface area is 204 Å². The standard InChI is InChI=1S/C26H35NO8/c1-13-14-5-6-15-25(4)10-9-17(28)24(2,3)16(25)11-18(29)26(15,22(13)34)23(14)35-21(33)8-7-19(30)27-12-20(31)32/h14-16,18,23,29H,1,5-12H2,2-4H3,(H,27,30)(H,31,32)/t14?,15?,16-,18?,23?,25+,26?/m1/s1. The molecule has 1 amide bonds. The Morgan fingerprint density at radius 2 is 1.80 bits per heavy atom. The Morgan fingerprint density at radius 1 is 1.11 bits per heavy atom. The Bertz CT molecular complexity index is 1000. The number of rotatable bonds is 6. The van der Waals surface area contributed by atoms with Crippen molar-refractivity contribution in [2.45, 2.75) is 77.9 Å². The first-order valence-electron chi connectivity index (χ1n) is 12.4. The Morgan fingerprint density at radius 3 is 2.46 bits per heavy atom. The number of esters is 1. The van der Waals surface area contributed by atoms with Gasteiger partial charge in [0.15, 0.2) is 5.78 Å². The summed E-state index contributed by atoms with van der Waals surface area (Å²) in [7, 11) is 0. The van der Waals surface area contributed by atoms with Gasteiger partial charge in [0.05, 0.1) is 17.9 Å². The van der Waals surface area contributed by atoms with Gasteiger partial charge in [-0.15, -0.1) is 0 Å². The molecule has 4 saturated carbocycles. The number of hydrogen-bond acceptors (Lipinski definition) is 7. The van der Waals surface area contributed by atoms with Crippen LogP contribution in [-0.4, -0.2) is 58.4 Å². The van der Waals surface area contributed by atoms with E-state index in [9.17, 15) is 29.1 Å². The minimum atomic E-state index is -1.30. The van der Waals surface area contributed by atoms with Gasteiger partial charge in [0.2, 0.25) is 5.91 Å². The second-order valence-corrected chi connectivity index (χ2v) is 11.6. The molecule has 9 heteroatoms. The molecule has 35 heavy (non-hydrogen) atoms. The smallest absolute Gasteiger partial charge is 0.322 e. The van der Waals surface area contributed by atoms with Crippen LogP contribution in [0.4, 0.5) is 0 Å². The van der Waals surface area contributed by atoms with Crippen molar-refractivity contribution in [1.82, 2.24) is 5.32 Å². The molecule has 9 nitrogen and oxygen atoms in total. The van der Waals surface area contributed by atoms with Gasteiger partial charge in [0.1, 0.15) is 18.4 Å². The van der Waals surface area contributed by atoms with Gasteiger partial charge < -0.3 is 20.3 Å². The van der Waals surface area contributed by atoms with Crippen LogP contribution in [0, 0.1) is 34.0 Å². The Kier molecular flexibility index (Phi) is 6.23. The molecule has 0 aliphatic heterocycles. The number of carbonyl (C=O) groups excluding carboxylic acids is 4. The van der Waals surface area contributed by atoms with Crippen molar-refractivity contribution in [2.24, 2.45) is 34.0 Å². The predicted octanol–water partition coefficient (Wildman–Crippen LogP) is 1.81. The number of aliphatic hydroxyl groups is 1. The van der Waals surface area contributed by atoms with Crippen LogP contribution >= 0.6 is 0 Å². The molecule has 2 bridgehead atoms. The molecule has 0 aromatic rings. The summed E-state index contributed by atoms with van der Waals surface area (Å²) in [5.41, 5.74) is -1.94. The van der Waals surface area contributed by atoms with Crippen LogP contribution in [0.2, 0.25) is 0 Å². The van der Waals surface area contributed by atoms with E-state index in [2.05, 4.69) is 18.8 Å². The van der Waals surface area contributed by atoms with Gasteiger partial charge in [-0.1, -0.05) is 27.4 Å². The van der Waals surface area contributed by atoms with Crippen molar-refractivity contribution in [3.05, 3.63) is 12.2 Å². The van der Waals surface area contributed by atoms with Crippen LogP contribution in [0.25, 0.3) is 0 Å². The van der Waals surface area contributed by atoms with Crippen LogP contribution < -0.4 is 5.32 Å². The summed E-state index contributed by atoms with van der Waals surface area (Å²) in [5.74, 6) is -3.29. The molecular formula is C26H35NO8. The monoisotopic (exact) mass is 489 g/mol. The zero-order valence-corrected chi connectivity index (χ0v) is 20.6. The van der Waals surface area contributed by atoms with Crippen LogP contribution in [0.3, 0.4) is 0 Å². The minimum Gasteiger partial charge on any atom is -0.480 e. The highest BCUT2D eigenvalue weighted by atomic mass is 16.5. The fourth-order valence-corrected chi connectivity index (χ4v) is 7.96. The highest BCUT2D eigenvalue weighted by Crippen LogP contribution is 2.71. The average molecular weight is 490 g/mol. The molecule has 3 N–H and O–H groups in total. The van der Waals surface area contributed by atoms with Crippen molar-refractivity contribution >= 4 is 29.4 Å². The van der Waals surface area contributed by atoms with Crippen LogP contribution in [0.15, 0.2) is 12.2 Å². The fraction of sp³-hybridized carbons (Fsp3) is 0.731. The van der Waals surface area contributed by atoms with Gasteiger partial charge in [0.25, 0.3) is 0 Å². The van der Waals surface area contributed by atoms with Gasteiger partial charge in [0, 0.05) is 24.2 Å². The maximum Gasteiger partial charge on any atom is 0.322 e. The highest BCUT2D eigenvalue weighted by Gasteiger charge is 2.75. The molecule has 4 aliphatic rings. The van der Waals surface area contributed by atoms with E-state index in [0.717, 1.165) is 0 Å². The molecule has 1 spiro atoms. The van der Waals surface area contributed by atoms with E-state index in [0.29, 0.717) is 31.3 Å². The maximum absolute atomic E-state index is 13.8. The summed E-state index contributed by atoms with van der Waals surface area (Å²) in [5, 5.41) is 22.4. The average Bonchev–Trinajstić information content (AvgIpc) is 2.90. The SMILES string of the molecule is C=C1C(=O)C23C(O)C[C@@H]4C(C)(C)C(=O)CC[C@@]4(C)C2CCC1C3OC(=O)CCC(=O)NCC(=O)O. The number of aliphatic hydroxyl groups excluding tert-OH is 1. The normalized spacial score (nSPS) is 39.4. The van der Waals surface area contributed by atoms with Gasteiger partial charge in [-0.3, -0.25) is 24.0 Å². The number of ketones is 2. The molecule has 192 valence electrons. The first-order chi connectivity index (χ1) is 16.3. The molecule has 4 aliphatic carbocycles. The van der Waals surface area contributed by atoms with Gasteiger partial charge in [-0.25, -0.2) is 0 Å². The quantitative estimate of drug-likeness (QED) is 0.378. The lowest BCUT2D eigenvalue weighted by Crippen LogP contribution is -2.68. The highest BCUT2D eigenvalue weighted by molar-refractivity contribution is 6.05. The van der Waals surface area contributed by atoms with Gasteiger partial charge in [-0.2, -0.15) is 0 Å². The molecule has 0 radical (unpaired) electrons. The summed E-state index contributed by atoms with van der Waals surface area (Å²) < 4.78 is 5.88. The Hall–Kier alpha value is -2.55. The van der Waals surface area contributed by atoms with E-state index >= 15 is 0 Å². The summed E-state index contributed by atoms with van der Waals surface area (Å²) in [6.45, 7) is 9.44. The van der Waals surface area contributed by atoms with Crippen molar-refractivity contribution < 1.29 is 38.9 Å². The summed E-state index contributed by atoms with van der Waals surface area (Å²) in [4.78, 5) is 61.8. The number of carbonyl (C=O) groups is 5. The fourth-order valence-electron chi connectivity index (χ4n) is 7.96. The van der Waals surface area contributed by atoms with Gasteiger partial charge >= 0.3 is 11.9 Å². The molecule has 0 aromatic carbocycles. The third kappa shape index (κ3) is 3.65. The zero-order valence-electron chi connectivity index (χ0n) is 20.6. The number of hydrogen-bond donors (Lipinski definition) is 3. The molecule has 0 saturated heterocycles. The van der Waals surface area contributed by atoms with E-state index in [1.165, 1.54) is 0 Å². The molecular weight excluding hydrogens is 454 g/mol. The molecule has 0 aromatic heterocycles. The van der Waals surface area contributed by atoms with E-state index in [1.807, 2.05) is 13.8 Å². The second-order valence-electron chi connectivity index (χ2n) is 11.6. The zero-order chi connectivity index (χ0) is 25.9. The van der Waals surface area contributed by atoms with E-state index in [4.69, 9.17) is 9.84 Å². The van der Waals surface area contributed by atoms with E-state index in [1.54, 1.807) is 0 Å². The van der Waals surface area contributed by atoms with Crippen molar-refractivity contribution in [1.29, 1.82) is 0 Å². The topological polar surface area (TPSA) is 147 Å². The second kappa shape index (κ2) is 8.54. The number of carboxylic acids is 1. The third-order valence-corrected chi connectivity index (χ3v) is 9.65. The number of aliphatic carboxylic acids is 1. The minimum absolute atomic E-state index is 0.102. The summed E-state index contributed by atoms with van der Waals surface area (Å²) in [6.07, 6.45) is 0.105. The Balaban J connectivity index is 1.61. The first-order valence-corrected chi connectivity index (χ1v) is 12.4. The van der Waals surface area contributed by atoms with Crippen LogP contribution in [0.1, 0.15) is 65.7 Å². The largest absolute Gasteiger partial charge is 0.480 e. The van der Waals surface area contributed by atoms with E-state index < -0.39 is 53.3 Å². The lowest BCUT2D eigenvalue weighted by Gasteiger charge is -2.64. The van der Waals surface area contributed by atoms with Crippen molar-refractivity contribution in [3.63, 3.8) is 0 Å². The third-order valence-electron chi connectivity index (χ3n) is 9.65. The van der Waals surface area contributed by atoms with Gasteiger partial charge in [-0.05, 0) is 48.5 Å². The number of ether oxygens (including phenoxy) is 1. The molecule has 5 unspecified atom stereocenters. The van der Waals surface area contributed by atoms with Crippen LogP contribution in [0.5, 0.6) is 0 Å². The number of amides is 1. The maximum atomic E-state index is 13.8. The molecule has 0 heterocycles. The van der Waals surface area contributed by atoms with Crippen molar-refractivity contribution in [2.75, 3.05) is 6.54 Å². The van der Waals surface area contributed by atoms with Crippen molar-refractivity contribution in [3.8, 4) is 0 Å². The molecule has 4 fully saturated rings. The number of Topliss-reactive ketones (excluding diaryl/α,β-unsaturated/α-hetero) is 2.